The summed E-state index contributed by atoms with van der Waals surface area (Å²) >= 11 is 0. The molecule has 2 aromatic heterocycles. The third-order valence-corrected chi connectivity index (χ3v) is 5.16. The highest BCUT2D eigenvalue weighted by molar-refractivity contribution is 5.94. The van der Waals surface area contributed by atoms with E-state index in [2.05, 4.69) is 10.1 Å². The molecule has 3 aromatic rings. The molecule has 0 aliphatic carbocycles. The molecule has 28 heavy (non-hydrogen) atoms. The van der Waals surface area contributed by atoms with Gasteiger partial charge in [0.25, 0.3) is 5.91 Å². The Labute approximate surface area is 164 Å². The molecule has 0 radical (unpaired) electrons. The average molecular weight is 377 g/mol. The summed E-state index contributed by atoms with van der Waals surface area (Å²) in [5.74, 6) is 1.51. The standard InChI is InChI=1S/C22H23N3O3/c1-27-18-10-8-16(9-11-18)19-14-21(28-24-19)20-7-3-2-4-13-25(20)22(26)17-6-5-12-23-15-17/h5-6,8-12,14-15,20H,2-4,7,13H2,1H3. The first-order valence-electron chi connectivity index (χ1n) is 9.58. The summed E-state index contributed by atoms with van der Waals surface area (Å²) in [5, 5.41) is 4.25. The summed E-state index contributed by atoms with van der Waals surface area (Å²) in [7, 11) is 1.64. The number of aromatic nitrogens is 2. The van der Waals surface area contributed by atoms with E-state index in [0.29, 0.717) is 12.1 Å². The molecule has 4 rings (SSSR count). The van der Waals surface area contributed by atoms with Gasteiger partial charge in [0.05, 0.1) is 18.7 Å². The Morgan fingerprint density at radius 3 is 2.79 bits per heavy atom. The molecule has 0 saturated carbocycles. The van der Waals surface area contributed by atoms with Crippen LogP contribution < -0.4 is 4.74 Å². The number of rotatable bonds is 4. The topological polar surface area (TPSA) is 68.5 Å². The van der Waals surface area contributed by atoms with Crippen LogP contribution in [-0.2, 0) is 0 Å². The van der Waals surface area contributed by atoms with Crippen LogP contribution in [0.3, 0.4) is 0 Å². The molecule has 0 bridgehead atoms. The van der Waals surface area contributed by atoms with E-state index in [1.165, 1.54) is 0 Å². The van der Waals surface area contributed by atoms with E-state index in [1.54, 1.807) is 31.6 Å². The lowest BCUT2D eigenvalue weighted by molar-refractivity contribution is 0.0650. The van der Waals surface area contributed by atoms with Crippen LogP contribution in [0.1, 0.15) is 47.8 Å². The number of ether oxygens (including phenoxy) is 1. The van der Waals surface area contributed by atoms with Crippen LogP contribution in [0.5, 0.6) is 5.75 Å². The molecule has 1 saturated heterocycles. The smallest absolute Gasteiger partial charge is 0.256 e. The number of hydrogen-bond acceptors (Lipinski definition) is 5. The second-order valence-corrected chi connectivity index (χ2v) is 6.95. The fourth-order valence-electron chi connectivity index (χ4n) is 3.65. The Bertz CT molecular complexity index is 922. The molecular weight excluding hydrogens is 354 g/mol. The van der Waals surface area contributed by atoms with E-state index >= 15 is 0 Å². The summed E-state index contributed by atoms with van der Waals surface area (Å²) in [6.45, 7) is 0.705. The minimum Gasteiger partial charge on any atom is -0.497 e. The molecule has 0 spiro atoms. The third kappa shape index (κ3) is 3.76. The first-order valence-corrected chi connectivity index (χ1v) is 9.58. The number of hydrogen-bond donors (Lipinski definition) is 0. The molecule has 3 heterocycles. The van der Waals surface area contributed by atoms with Gasteiger partial charge in [0.1, 0.15) is 11.4 Å². The molecule has 1 amide bonds. The van der Waals surface area contributed by atoms with Crippen LogP contribution in [0.25, 0.3) is 11.3 Å². The molecular formula is C22H23N3O3. The number of pyridine rings is 1. The minimum atomic E-state index is -0.116. The van der Waals surface area contributed by atoms with Crippen LogP contribution in [0.4, 0.5) is 0 Å². The summed E-state index contributed by atoms with van der Waals surface area (Å²) in [5.41, 5.74) is 2.31. The number of carbonyl (C=O) groups excluding carboxylic acids is 1. The Kier molecular flexibility index (Phi) is 5.37. The van der Waals surface area contributed by atoms with E-state index < -0.39 is 0 Å². The molecule has 6 nitrogen and oxygen atoms in total. The van der Waals surface area contributed by atoms with Gasteiger partial charge in [-0.05, 0) is 49.2 Å². The summed E-state index contributed by atoms with van der Waals surface area (Å²) in [6.07, 6.45) is 7.31. The van der Waals surface area contributed by atoms with Crippen molar-refractivity contribution in [3.63, 3.8) is 0 Å². The highest BCUT2D eigenvalue weighted by Crippen LogP contribution is 2.33. The first-order chi connectivity index (χ1) is 13.8. The number of carbonyl (C=O) groups is 1. The van der Waals surface area contributed by atoms with E-state index in [1.807, 2.05) is 35.2 Å². The van der Waals surface area contributed by atoms with Crippen molar-refractivity contribution < 1.29 is 14.1 Å². The zero-order valence-electron chi connectivity index (χ0n) is 15.9. The molecule has 1 atom stereocenters. The normalized spacial score (nSPS) is 17.2. The monoisotopic (exact) mass is 377 g/mol. The lowest BCUT2D eigenvalue weighted by atomic mass is 10.0. The zero-order chi connectivity index (χ0) is 19.3. The third-order valence-electron chi connectivity index (χ3n) is 5.16. The lowest BCUT2D eigenvalue weighted by Crippen LogP contribution is -2.34. The number of benzene rings is 1. The Hall–Kier alpha value is -3.15. The van der Waals surface area contributed by atoms with E-state index in [0.717, 1.165) is 48.5 Å². The van der Waals surface area contributed by atoms with E-state index in [-0.39, 0.29) is 11.9 Å². The molecule has 144 valence electrons. The van der Waals surface area contributed by atoms with Crippen molar-refractivity contribution in [2.24, 2.45) is 0 Å². The fourth-order valence-corrected chi connectivity index (χ4v) is 3.65. The van der Waals surface area contributed by atoms with Crippen LogP contribution in [0, 0.1) is 0 Å². The SMILES string of the molecule is COc1ccc(-c2cc(C3CCCCCN3C(=O)c3cccnc3)on2)cc1. The van der Waals surface area contributed by atoms with Crippen LogP contribution >= 0.6 is 0 Å². The fraction of sp³-hybridized carbons (Fsp3) is 0.318. The van der Waals surface area contributed by atoms with Gasteiger partial charge in [0.15, 0.2) is 5.76 Å². The van der Waals surface area contributed by atoms with Crippen molar-refractivity contribution in [3.8, 4) is 17.0 Å². The molecule has 1 aliphatic rings. The van der Waals surface area contributed by atoms with Crippen LogP contribution in [0.15, 0.2) is 59.4 Å². The average Bonchev–Trinajstić information content (AvgIpc) is 3.12. The van der Waals surface area contributed by atoms with Gasteiger partial charge < -0.3 is 14.2 Å². The Morgan fingerprint density at radius 1 is 1.18 bits per heavy atom. The van der Waals surface area contributed by atoms with Crippen molar-refractivity contribution in [1.29, 1.82) is 0 Å². The molecule has 6 heteroatoms. The Morgan fingerprint density at radius 2 is 2.04 bits per heavy atom. The second kappa shape index (κ2) is 8.25. The number of nitrogens with zero attached hydrogens (tertiary/aromatic N) is 3. The largest absolute Gasteiger partial charge is 0.497 e. The lowest BCUT2D eigenvalue weighted by Gasteiger charge is -2.28. The summed E-state index contributed by atoms with van der Waals surface area (Å²) in [4.78, 5) is 19.1. The maximum Gasteiger partial charge on any atom is 0.256 e. The van der Waals surface area contributed by atoms with Crippen molar-refractivity contribution in [3.05, 3.63) is 66.2 Å². The summed E-state index contributed by atoms with van der Waals surface area (Å²) < 4.78 is 10.9. The molecule has 1 aromatic carbocycles. The van der Waals surface area contributed by atoms with Crippen molar-refractivity contribution in [1.82, 2.24) is 15.0 Å². The van der Waals surface area contributed by atoms with Gasteiger partial charge in [0, 0.05) is 30.6 Å². The number of methoxy groups -OCH3 is 1. The van der Waals surface area contributed by atoms with Gasteiger partial charge in [-0.3, -0.25) is 9.78 Å². The Balaban J connectivity index is 1.61. The predicted molar refractivity (Wildman–Crippen MR) is 105 cm³/mol. The number of amides is 1. The van der Waals surface area contributed by atoms with Gasteiger partial charge >= 0.3 is 0 Å². The van der Waals surface area contributed by atoms with Crippen molar-refractivity contribution >= 4 is 5.91 Å². The molecule has 1 unspecified atom stereocenters. The molecule has 1 fully saturated rings. The maximum atomic E-state index is 13.1. The zero-order valence-corrected chi connectivity index (χ0v) is 15.9. The van der Waals surface area contributed by atoms with Crippen LogP contribution in [0.2, 0.25) is 0 Å². The van der Waals surface area contributed by atoms with E-state index in [9.17, 15) is 4.79 Å². The van der Waals surface area contributed by atoms with Gasteiger partial charge in [-0.25, -0.2) is 0 Å². The highest BCUT2D eigenvalue weighted by atomic mass is 16.5. The molecule has 0 N–H and O–H groups in total. The van der Waals surface area contributed by atoms with Crippen molar-refractivity contribution in [2.75, 3.05) is 13.7 Å². The highest BCUT2D eigenvalue weighted by Gasteiger charge is 2.30. The quantitative estimate of drug-likeness (QED) is 0.669. The second-order valence-electron chi connectivity index (χ2n) is 6.95. The van der Waals surface area contributed by atoms with Gasteiger partial charge in [-0.1, -0.05) is 18.0 Å². The predicted octanol–water partition coefficient (Wildman–Crippen LogP) is 4.50. The first kappa shape index (κ1) is 18.2. The van der Waals surface area contributed by atoms with Gasteiger partial charge in [-0.2, -0.15) is 0 Å². The maximum absolute atomic E-state index is 13.1. The van der Waals surface area contributed by atoms with Gasteiger partial charge in [0.2, 0.25) is 0 Å². The van der Waals surface area contributed by atoms with Crippen LogP contribution in [-0.4, -0.2) is 34.6 Å². The molecule has 1 aliphatic heterocycles. The van der Waals surface area contributed by atoms with Crippen molar-refractivity contribution in [2.45, 2.75) is 31.7 Å². The van der Waals surface area contributed by atoms with Gasteiger partial charge in [-0.15, -0.1) is 0 Å². The minimum absolute atomic E-state index is 0.0117. The number of likely N-dealkylation sites (tertiary alicyclic amines) is 1. The summed E-state index contributed by atoms with van der Waals surface area (Å²) in [6, 6.07) is 13.1. The van der Waals surface area contributed by atoms with E-state index in [4.69, 9.17) is 9.26 Å².